The summed E-state index contributed by atoms with van der Waals surface area (Å²) in [5.74, 6) is 6.80. The molecule has 3 nitrogen and oxygen atoms in total. The van der Waals surface area contributed by atoms with Gasteiger partial charge in [0.1, 0.15) is 5.75 Å². The summed E-state index contributed by atoms with van der Waals surface area (Å²) in [5.41, 5.74) is 5.69. The molecule has 1 aliphatic rings. The van der Waals surface area contributed by atoms with Gasteiger partial charge in [0.05, 0.1) is 12.6 Å². The molecule has 0 amide bonds. The number of hydrazine groups is 1. The van der Waals surface area contributed by atoms with Crippen LogP contribution in [0.5, 0.6) is 5.75 Å². The summed E-state index contributed by atoms with van der Waals surface area (Å²) in [6.45, 7) is 2.67. The molecule has 3 heteroatoms. The van der Waals surface area contributed by atoms with Gasteiger partial charge in [0.2, 0.25) is 0 Å². The highest BCUT2D eigenvalue weighted by atomic mass is 16.5. The van der Waals surface area contributed by atoms with Crippen LogP contribution in [-0.4, -0.2) is 6.61 Å². The topological polar surface area (TPSA) is 47.3 Å². The zero-order chi connectivity index (χ0) is 14.7. The van der Waals surface area contributed by atoms with E-state index in [1.165, 1.54) is 11.1 Å². The zero-order valence-electron chi connectivity index (χ0n) is 12.4. The third-order valence-corrected chi connectivity index (χ3v) is 4.36. The molecule has 0 saturated heterocycles. The first kappa shape index (κ1) is 14.1. The minimum Gasteiger partial charge on any atom is -0.494 e. The van der Waals surface area contributed by atoms with Crippen molar-refractivity contribution in [1.29, 1.82) is 0 Å². The molecule has 0 bridgehead atoms. The third-order valence-electron chi connectivity index (χ3n) is 4.36. The molecule has 0 aliphatic heterocycles. The zero-order valence-corrected chi connectivity index (χ0v) is 12.4. The van der Waals surface area contributed by atoms with Crippen molar-refractivity contribution in [3.8, 4) is 5.75 Å². The number of ether oxygens (including phenoxy) is 1. The Morgan fingerprint density at radius 1 is 1.14 bits per heavy atom. The number of benzene rings is 2. The van der Waals surface area contributed by atoms with Crippen molar-refractivity contribution in [1.82, 2.24) is 5.43 Å². The van der Waals surface area contributed by atoms with Gasteiger partial charge in [-0.05, 0) is 43.0 Å². The Morgan fingerprint density at radius 2 is 1.90 bits per heavy atom. The molecule has 0 spiro atoms. The summed E-state index contributed by atoms with van der Waals surface area (Å²) in [4.78, 5) is 0. The van der Waals surface area contributed by atoms with E-state index in [1.807, 2.05) is 19.1 Å². The molecule has 1 fully saturated rings. The van der Waals surface area contributed by atoms with Crippen LogP contribution >= 0.6 is 0 Å². The lowest BCUT2D eigenvalue weighted by Gasteiger charge is -2.27. The van der Waals surface area contributed by atoms with E-state index < -0.39 is 0 Å². The van der Waals surface area contributed by atoms with Crippen molar-refractivity contribution in [3.05, 3.63) is 65.7 Å². The maximum atomic E-state index is 5.90. The fourth-order valence-electron chi connectivity index (χ4n) is 3.17. The lowest BCUT2D eigenvalue weighted by atomic mass is 9.84. The van der Waals surface area contributed by atoms with Crippen LogP contribution in [0.3, 0.4) is 0 Å². The monoisotopic (exact) mass is 282 g/mol. The van der Waals surface area contributed by atoms with Gasteiger partial charge in [-0.1, -0.05) is 42.5 Å². The van der Waals surface area contributed by atoms with E-state index in [0.29, 0.717) is 6.61 Å². The van der Waals surface area contributed by atoms with Gasteiger partial charge >= 0.3 is 0 Å². The fraction of sp³-hybridized carbons (Fsp3) is 0.333. The summed E-state index contributed by atoms with van der Waals surface area (Å²) < 4.78 is 5.61. The van der Waals surface area contributed by atoms with Crippen molar-refractivity contribution in [2.75, 3.05) is 6.61 Å². The van der Waals surface area contributed by atoms with E-state index in [9.17, 15) is 0 Å². The van der Waals surface area contributed by atoms with Gasteiger partial charge in [-0.25, -0.2) is 0 Å². The minimum atomic E-state index is 0.111. The normalized spacial score (nSPS) is 17.2. The van der Waals surface area contributed by atoms with E-state index >= 15 is 0 Å². The number of nitrogens with two attached hydrogens (primary N) is 1. The van der Waals surface area contributed by atoms with Crippen molar-refractivity contribution >= 4 is 0 Å². The molecule has 0 aromatic heterocycles. The molecule has 1 unspecified atom stereocenters. The van der Waals surface area contributed by atoms with Crippen LogP contribution in [0.15, 0.2) is 54.6 Å². The summed E-state index contributed by atoms with van der Waals surface area (Å²) in [7, 11) is 0. The Hall–Kier alpha value is -1.84. The molecule has 1 atom stereocenters. The van der Waals surface area contributed by atoms with E-state index in [1.54, 1.807) is 0 Å². The first-order valence-electron chi connectivity index (χ1n) is 7.54. The molecule has 1 aliphatic carbocycles. The molecular weight excluding hydrogens is 260 g/mol. The van der Waals surface area contributed by atoms with Crippen molar-refractivity contribution in [2.45, 2.75) is 31.2 Å². The van der Waals surface area contributed by atoms with E-state index in [4.69, 9.17) is 10.6 Å². The van der Waals surface area contributed by atoms with Gasteiger partial charge in [0, 0.05) is 5.41 Å². The largest absolute Gasteiger partial charge is 0.494 e. The third kappa shape index (κ3) is 2.67. The standard InChI is InChI=1S/C18H22N2O/c1-2-21-16-10-6-7-14(13-16)17(20-19)18(11-12-18)15-8-4-3-5-9-15/h3-10,13,17,20H,2,11-12,19H2,1H3. The number of nitrogens with one attached hydrogen (secondary N) is 1. The summed E-state index contributed by atoms with van der Waals surface area (Å²) in [6, 6.07) is 19.0. The summed E-state index contributed by atoms with van der Waals surface area (Å²) in [6.07, 6.45) is 2.31. The highest BCUT2D eigenvalue weighted by molar-refractivity contribution is 5.40. The second-order valence-electron chi connectivity index (χ2n) is 5.63. The predicted octanol–water partition coefficient (Wildman–Crippen LogP) is 3.32. The van der Waals surface area contributed by atoms with Crippen LogP contribution in [0.1, 0.15) is 36.9 Å². The molecule has 1 saturated carbocycles. The average molecular weight is 282 g/mol. The Balaban J connectivity index is 1.94. The molecule has 0 heterocycles. The summed E-state index contributed by atoms with van der Waals surface area (Å²) in [5, 5.41) is 0. The SMILES string of the molecule is CCOc1cccc(C(NN)C2(c3ccccc3)CC2)c1. The van der Waals surface area contributed by atoms with Crippen LogP contribution in [0.25, 0.3) is 0 Å². The number of rotatable bonds is 6. The first-order chi connectivity index (χ1) is 10.3. The Bertz CT molecular complexity index is 593. The predicted molar refractivity (Wildman–Crippen MR) is 85.0 cm³/mol. The van der Waals surface area contributed by atoms with Gasteiger partial charge < -0.3 is 4.74 Å². The van der Waals surface area contributed by atoms with Gasteiger partial charge in [-0.3, -0.25) is 11.3 Å². The van der Waals surface area contributed by atoms with Crippen LogP contribution in [-0.2, 0) is 5.41 Å². The maximum Gasteiger partial charge on any atom is 0.119 e. The van der Waals surface area contributed by atoms with Crippen LogP contribution in [0.4, 0.5) is 0 Å². The maximum absolute atomic E-state index is 5.90. The van der Waals surface area contributed by atoms with Crippen LogP contribution in [0.2, 0.25) is 0 Å². The second kappa shape index (κ2) is 5.88. The molecule has 2 aromatic rings. The van der Waals surface area contributed by atoms with Gasteiger partial charge in [0.15, 0.2) is 0 Å². The fourth-order valence-corrected chi connectivity index (χ4v) is 3.17. The van der Waals surface area contributed by atoms with Gasteiger partial charge in [-0.2, -0.15) is 0 Å². The molecule has 2 aromatic carbocycles. The smallest absolute Gasteiger partial charge is 0.119 e. The lowest BCUT2D eigenvalue weighted by Crippen LogP contribution is -2.36. The highest BCUT2D eigenvalue weighted by Crippen LogP contribution is 2.56. The molecule has 0 radical (unpaired) electrons. The second-order valence-corrected chi connectivity index (χ2v) is 5.63. The molecule has 21 heavy (non-hydrogen) atoms. The Morgan fingerprint density at radius 3 is 2.52 bits per heavy atom. The van der Waals surface area contributed by atoms with Crippen LogP contribution < -0.4 is 16.0 Å². The highest BCUT2D eigenvalue weighted by Gasteiger charge is 2.50. The van der Waals surface area contributed by atoms with Crippen molar-refractivity contribution in [3.63, 3.8) is 0 Å². The lowest BCUT2D eigenvalue weighted by molar-refractivity contribution is 0.338. The van der Waals surface area contributed by atoms with Crippen LogP contribution in [0, 0.1) is 0 Å². The first-order valence-corrected chi connectivity index (χ1v) is 7.54. The number of hydrogen-bond donors (Lipinski definition) is 2. The van der Waals surface area contributed by atoms with E-state index in [-0.39, 0.29) is 11.5 Å². The van der Waals surface area contributed by atoms with Gasteiger partial charge in [-0.15, -0.1) is 0 Å². The minimum absolute atomic E-state index is 0.111. The Kier molecular flexibility index (Phi) is 3.95. The number of hydrogen-bond acceptors (Lipinski definition) is 3. The quantitative estimate of drug-likeness (QED) is 0.631. The molecule has 3 N–H and O–H groups in total. The van der Waals surface area contributed by atoms with E-state index in [2.05, 4.69) is 47.9 Å². The van der Waals surface area contributed by atoms with Crippen molar-refractivity contribution < 1.29 is 4.74 Å². The molecule has 110 valence electrons. The summed E-state index contributed by atoms with van der Waals surface area (Å²) >= 11 is 0. The Labute approximate surface area is 126 Å². The molecule has 3 rings (SSSR count). The van der Waals surface area contributed by atoms with Crippen molar-refractivity contribution in [2.24, 2.45) is 5.84 Å². The van der Waals surface area contributed by atoms with Gasteiger partial charge in [0.25, 0.3) is 0 Å². The molecular formula is C18H22N2O. The average Bonchev–Trinajstić information content (AvgIpc) is 3.31. The van der Waals surface area contributed by atoms with E-state index in [0.717, 1.165) is 18.6 Å².